The number of ether oxygens (including phenoxy) is 3. The first-order valence-corrected chi connectivity index (χ1v) is 20.1. The van der Waals surface area contributed by atoms with E-state index < -0.39 is 23.8 Å². The van der Waals surface area contributed by atoms with E-state index in [1.165, 1.54) is 11.0 Å². The molecule has 4 aromatic carbocycles. The van der Waals surface area contributed by atoms with Gasteiger partial charge in [0.1, 0.15) is 30.7 Å². The van der Waals surface area contributed by atoms with Gasteiger partial charge in [0.15, 0.2) is 0 Å². The van der Waals surface area contributed by atoms with Crippen molar-refractivity contribution < 1.29 is 48.1 Å². The van der Waals surface area contributed by atoms with Crippen LogP contribution in [-0.4, -0.2) is 93.5 Å². The van der Waals surface area contributed by atoms with Crippen LogP contribution in [-0.2, 0) is 59.7 Å². The predicted molar refractivity (Wildman–Crippen MR) is 230 cm³/mol. The van der Waals surface area contributed by atoms with Crippen LogP contribution in [0.5, 0.6) is 5.75 Å². The number of carbonyl (C=O) groups is 6. The highest BCUT2D eigenvalue weighted by Crippen LogP contribution is 2.25. The van der Waals surface area contributed by atoms with Gasteiger partial charge in [-0.15, -0.1) is 5.10 Å². The summed E-state index contributed by atoms with van der Waals surface area (Å²) in [5, 5.41) is 25.4. The second-order valence-corrected chi connectivity index (χ2v) is 14.5. The number of aryl methyl sites for hydroxylation is 1. The highest BCUT2D eigenvalue weighted by molar-refractivity contribution is 6.01. The lowest BCUT2D eigenvalue weighted by Crippen LogP contribution is -2.51. The molecule has 6 rings (SSSR count). The molecule has 4 N–H and O–H groups in total. The number of hydrogen-bond donors (Lipinski definition) is 4. The van der Waals surface area contributed by atoms with Crippen LogP contribution >= 0.6 is 0 Å². The molecule has 63 heavy (non-hydrogen) atoms. The van der Waals surface area contributed by atoms with Gasteiger partial charge >= 0.3 is 5.97 Å². The van der Waals surface area contributed by atoms with E-state index in [0.29, 0.717) is 53.4 Å². The summed E-state index contributed by atoms with van der Waals surface area (Å²) >= 11 is 0. The molecule has 1 aliphatic heterocycles. The van der Waals surface area contributed by atoms with Crippen molar-refractivity contribution in [2.75, 3.05) is 31.7 Å². The lowest BCUT2D eigenvalue weighted by atomic mass is 9.99. The fourth-order valence-electron chi connectivity index (χ4n) is 6.66. The molecule has 0 spiro atoms. The number of imide groups is 1. The van der Waals surface area contributed by atoms with E-state index in [9.17, 15) is 28.8 Å². The summed E-state index contributed by atoms with van der Waals surface area (Å²) < 4.78 is 18.7. The quantitative estimate of drug-likeness (QED) is 0.0332. The van der Waals surface area contributed by atoms with Crippen molar-refractivity contribution in [3.05, 3.63) is 137 Å². The topological polar surface area (TPSA) is 220 Å². The second kappa shape index (κ2) is 22.4. The minimum Gasteiger partial charge on any atom is -0.487 e. The van der Waals surface area contributed by atoms with E-state index in [2.05, 4.69) is 26.3 Å². The lowest BCUT2D eigenvalue weighted by molar-refractivity contribution is -0.141. The number of aliphatic carboxylic acids is 1. The molecule has 0 bridgehead atoms. The molecule has 1 unspecified atom stereocenters. The fourth-order valence-corrected chi connectivity index (χ4v) is 6.66. The van der Waals surface area contributed by atoms with Crippen LogP contribution in [0.25, 0.3) is 17.2 Å². The number of carboxylic acids is 1. The van der Waals surface area contributed by atoms with Crippen LogP contribution in [0.4, 0.5) is 5.69 Å². The summed E-state index contributed by atoms with van der Waals surface area (Å²) in [6.07, 6.45) is 5.18. The Morgan fingerprint density at radius 3 is 2.51 bits per heavy atom. The molecule has 326 valence electrons. The van der Waals surface area contributed by atoms with Gasteiger partial charge in [0, 0.05) is 36.8 Å². The Bertz CT molecular complexity index is 2440. The number of rotatable bonds is 22. The molecular weight excluding hydrogens is 811 g/mol. The summed E-state index contributed by atoms with van der Waals surface area (Å²) in [5.74, 6) is -2.07. The Hall–Kier alpha value is -7.50. The zero-order chi connectivity index (χ0) is 44.6. The molecule has 1 atom stereocenters. The predicted octanol–water partition coefficient (Wildman–Crippen LogP) is 4.30. The number of nitrogens with zero attached hydrogens (tertiary/aromatic N) is 4. The van der Waals surface area contributed by atoms with Crippen LogP contribution in [0, 0.1) is 6.92 Å². The van der Waals surface area contributed by atoms with E-state index in [1.54, 1.807) is 47.3 Å². The van der Waals surface area contributed by atoms with Gasteiger partial charge < -0.3 is 34.9 Å². The number of benzene rings is 4. The van der Waals surface area contributed by atoms with Gasteiger partial charge in [0.2, 0.25) is 24.1 Å². The number of anilines is 1. The molecule has 1 aromatic heterocycles. The average molecular weight is 858 g/mol. The van der Waals surface area contributed by atoms with E-state index >= 15 is 0 Å². The Balaban J connectivity index is 0.872. The third-order valence-electron chi connectivity index (χ3n) is 9.93. The van der Waals surface area contributed by atoms with E-state index in [0.717, 1.165) is 28.3 Å². The van der Waals surface area contributed by atoms with Crippen LogP contribution in [0.2, 0.25) is 0 Å². The summed E-state index contributed by atoms with van der Waals surface area (Å²) in [6, 6.07) is 26.6. The zero-order valence-electron chi connectivity index (χ0n) is 34.5. The third-order valence-corrected chi connectivity index (χ3v) is 9.93. The van der Waals surface area contributed by atoms with Gasteiger partial charge in [-0.3, -0.25) is 29.3 Å². The van der Waals surface area contributed by atoms with E-state index in [4.69, 9.17) is 19.3 Å². The Morgan fingerprint density at radius 2 is 1.75 bits per heavy atom. The Morgan fingerprint density at radius 1 is 0.952 bits per heavy atom. The van der Waals surface area contributed by atoms with Crippen molar-refractivity contribution >= 4 is 47.8 Å². The first-order valence-electron chi connectivity index (χ1n) is 20.1. The summed E-state index contributed by atoms with van der Waals surface area (Å²) in [4.78, 5) is 74.2. The van der Waals surface area contributed by atoms with Gasteiger partial charge in [-0.05, 0) is 89.2 Å². The molecule has 1 saturated heterocycles. The highest BCUT2D eigenvalue weighted by Gasteiger charge is 2.31. The van der Waals surface area contributed by atoms with Crippen molar-refractivity contribution in [2.24, 2.45) is 0 Å². The second-order valence-electron chi connectivity index (χ2n) is 14.5. The van der Waals surface area contributed by atoms with E-state index in [-0.39, 0.29) is 64.2 Å². The van der Waals surface area contributed by atoms with Crippen molar-refractivity contribution in [3.63, 3.8) is 0 Å². The van der Waals surface area contributed by atoms with Gasteiger partial charge in [-0.25, -0.2) is 9.48 Å². The van der Waals surface area contributed by atoms with Crippen molar-refractivity contribution in [2.45, 2.75) is 52.0 Å². The average Bonchev–Trinajstić information content (AvgIpc) is 3.74. The Labute approximate surface area is 363 Å². The molecule has 5 aromatic rings. The van der Waals surface area contributed by atoms with Crippen molar-refractivity contribution in [1.29, 1.82) is 0 Å². The SMILES string of the molecule is Cc1cccc(NC(=O)COCCOCCn2cc(COc3ccc(CNC(=O)c4cc(/C=C/C(=O)O)cc(-c5ccccc5)c4)cc3)nn2)c1CN(C=O)C1CCC(=O)NC1=O. The number of piperidine rings is 1. The van der Waals surface area contributed by atoms with Gasteiger partial charge in [0.25, 0.3) is 5.91 Å². The third kappa shape index (κ3) is 13.5. The van der Waals surface area contributed by atoms with Crippen molar-refractivity contribution in [1.82, 2.24) is 30.5 Å². The van der Waals surface area contributed by atoms with Crippen LogP contribution in [0.3, 0.4) is 0 Å². The number of aromatic nitrogens is 3. The summed E-state index contributed by atoms with van der Waals surface area (Å²) in [5.41, 5.74) is 6.12. The summed E-state index contributed by atoms with van der Waals surface area (Å²) in [7, 11) is 0. The Kier molecular flexibility index (Phi) is 16.0. The molecule has 0 saturated carbocycles. The number of carbonyl (C=O) groups excluding carboxylic acids is 5. The molecule has 5 amide bonds. The molecule has 0 radical (unpaired) electrons. The molecule has 17 heteroatoms. The maximum atomic E-state index is 13.2. The van der Waals surface area contributed by atoms with Crippen molar-refractivity contribution in [3.8, 4) is 16.9 Å². The molecule has 17 nitrogen and oxygen atoms in total. The van der Waals surface area contributed by atoms with Crippen LogP contribution in [0.1, 0.15) is 51.1 Å². The first kappa shape index (κ1) is 45.0. The fraction of sp³-hybridized carbons (Fsp3) is 0.261. The van der Waals surface area contributed by atoms with Gasteiger partial charge in [-0.1, -0.05) is 59.8 Å². The minimum atomic E-state index is -1.08. The zero-order valence-corrected chi connectivity index (χ0v) is 34.5. The first-order chi connectivity index (χ1) is 30.5. The standard InChI is InChI=1S/C46H47N7O10/c1-31-6-5-9-40(39(31)27-52(30-54)41-15-16-42(55)49-46(41)60)48-43(56)29-62-21-20-61-19-18-53-26-37(50-51-53)28-63-38-13-10-32(11-14-38)25-47-45(59)36-23-33(12-17-44(57)58)22-35(24-36)34-7-3-2-4-8-34/h2-14,17,22-24,26,30,41H,15-16,18-21,25,27-29H2,1H3,(H,47,59)(H,48,56)(H,57,58)(H,49,55,60)/b17-12+. The molecule has 1 aliphatic rings. The summed E-state index contributed by atoms with van der Waals surface area (Å²) in [6.45, 7) is 3.29. The molecule has 2 heterocycles. The maximum absolute atomic E-state index is 13.2. The monoisotopic (exact) mass is 857 g/mol. The van der Waals surface area contributed by atoms with E-state index in [1.807, 2.05) is 61.5 Å². The molecular formula is C46H47N7O10. The minimum absolute atomic E-state index is 0.0694. The van der Waals surface area contributed by atoms with Crippen LogP contribution < -0.4 is 20.7 Å². The van der Waals surface area contributed by atoms with Gasteiger partial charge in [0.05, 0.1) is 32.6 Å². The number of carboxylic acid groups (broad SMARTS) is 1. The molecule has 0 aliphatic carbocycles. The molecule has 1 fully saturated rings. The largest absolute Gasteiger partial charge is 0.487 e. The number of amides is 5. The van der Waals surface area contributed by atoms with Crippen LogP contribution in [0.15, 0.2) is 103 Å². The highest BCUT2D eigenvalue weighted by atomic mass is 16.5. The normalized spacial score (nSPS) is 13.6. The van der Waals surface area contributed by atoms with Gasteiger partial charge in [-0.2, -0.15) is 0 Å². The number of nitrogens with one attached hydrogen (secondary N) is 3. The smallest absolute Gasteiger partial charge is 0.328 e. The maximum Gasteiger partial charge on any atom is 0.328 e. The lowest BCUT2D eigenvalue weighted by Gasteiger charge is -2.31. The number of hydrogen-bond acceptors (Lipinski definition) is 11.